The van der Waals surface area contributed by atoms with Crippen molar-refractivity contribution >= 4 is 5.95 Å². The van der Waals surface area contributed by atoms with E-state index in [1.54, 1.807) is 12.1 Å². The topological polar surface area (TPSA) is 64.7 Å². The minimum absolute atomic E-state index is 0.114. The second kappa shape index (κ2) is 3.37. The number of halogens is 1. The van der Waals surface area contributed by atoms with Gasteiger partial charge in [0, 0.05) is 5.56 Å². The summed E-state index contributed by atoms with van der Waals surface area (Å²) in [6, 6.07) is 9.02. The van der Waals surface area contributed by atoms with Crippen LogP contribution in [0.3, 0.4) is 0 Å². The van der Waals surface area contributed by atoms with Crippen LogP contribution in [0.15, 0.2) is 30.3 Å². The van der Waals surface area contributed by atoms with Crippen molar-refractivity contribution < 1.29 is 4.39 Å². The molecule has 2 N–H and O–H groups in total. The van der Waals surface area contributed by atoms with Gasteiger partial charge in [-0.25, -0.2) is 0 Å². The summed E-state index contributed by atoms with van der Waals surface area (Å²) in [5, 5.41) is 0. The van der Waals surface area contributed by atoms with Crippen molar-refractivity contribution in [2.75, 3.05) is 5.73 Å². The van der Waals surface area contributed by atoms with Crippen molar-refractivity contribution in [2.24, 2.45) is 0 Å². The van der Waals surface area contributed by atoms with Crippen molar-refractivity contribution in [3.8, 4) is 11.4 Å². The van der Waals surface area contributed by atoms with Crippen LogP contribution < -0.4 is 5.73 Å². The second-order valence-corrected chi connectivity index (χ2v) is 2.65. The van der Waals surface area contributed by atoms with Gasteiger partial charge in [-0.1, -0.05) is 30.3 Å². The average molecular weight is 190 g/mol. The smallest absolute Gasteiger partial charge is 0.313 e. The van der Waals surface area contributed by atoms with Crippen LogP contribution in [0.1, 0.15) is 0 Å². The molecule has 0 amide bonds. The molecule has 2 rings (SSSR count). The third-order valence-corrected chi connectivity index (χ3v) is 1.66. The zero-order valence-electron chi connectivity index (χ0n) is 7.18. The van der Waals surface area contributed by atoms with E-state index >= 15 is 0 Å². The first-order valence-electron chi connectivity index (χ1n) is 3.98. The third-order valence-electron chi connectivity index (χ3n) is 1.66. The minimum atomic E-state index is -0.864. The summed E-state index contributed by atoms with van der Waals surface area (Å²) in [7, 11) is 0. The van der Waals surface area contributed by atoms with Gasteiger partial charge >= 0.3 is 6.08 Å². The van der Waals surface area contributed by atoms with E-state index in [1.165, 1.54) is 0 Å². The summed E-state index contributed by atoms with van der Waals surface area (Å²) in [5.74, 6) is 0.131. The summed E-state index contributed by atoms with van der Waals surface area (Å²) < 4.78 is 12.8. The normalized spacial score (nSPS) is 10.1. The maximum atomic E-state index is 12.8. The van der Waals surface area contributed by atoms with Crippen LogP contribution >= 0.6 is 0 Å². The number of anilines is 1. The monoisotopic (exact) mass is 190 g/mol. The molecule has 0 aliphatic heterocycles. The molecule has 0 aliphatic carbocycles. The standard InChI is InChI=1S/C9H7FN4/c10-8-12-7(13-9(11)14-8)6-4-2-1-3-5-6/h1-5H,(H2,11,12,13,14). The number of nitrogen functional groups attached to an aromatic ring is 1. The summed E-state index contributed by atoms with van der Waals surface area (Å²) in [5.41, 5.74) is 6.00. The Morgan fingerprint density at radius 2 is 1.71 bits per heavy atom. The number of nitrogens with zero attached hydrogens (tertiary/aromatic N) is 3. The Balaban J connectivity index is 2.52. The van der Waals surface area contributed by atoms with E-state index in [4.69, 9.17) is 5.73 Å². The van der Waals surface area contributed by atoms with Crippen LogP contribution in [0, 0.1) is 6.08 Å². The van der Waals surface area contributed by atoms with Gasteiger partial charge in [0.15, 0.2) is 5.82 Å². The SMILES string of the molecule is Nc1nc(F)nc(-c2ccccc2)n1. The van der Waals surface area contributed by atoms with E-state index in [-0.39, 0.29) is 11.8 Å². The lowest BCUT2D eigenvalue weighted by Crippen LogP contribution is -2.02. The fourth-order valence-electron chi connectivity index (χ4n) is 1.08. The summed E-state index contributed by atoms with van der Waals surface area (Å²) in [6.07, 6.45) is -0.864. The average Bonchev–Trinajstić information content (AvgIpc) is 2.18. The zero-order chi connectivity index (χ0) is 9.97. The van der Waals surface area contributed by atoms with Gasteiger partial charge in [-0.05, 0) is 0 Å². The molecule has 1 aromatic heterocycles. The highest BCUT2D eigenvalue weighted by atomic mass is 19.1. The lowest BCUT2D eigenvalue weighted by molar-refractivity contribution is 0.537. The van der Waals surface area contributed by atoms with Crippen LogP contribution in [0.5, 0.6) is 0 Å². The molecular weight excluding hydrogens is 183 g/mol. The predicted octanol–water partition coefficient (Wildman–Crippen LogP) is 1.26. The highest BCUT2D eigenvalue weighted by Crippen LogP contribution is 2.13. The Labute approximate surface area is 79.7 Å². The molecule has 4 nitrogen and oxygen atoms in total. The first-order valence-corrected chi connectivity index (χ1v) is 3.98. The quantitative estimate of drug-likeness (QED) is 0.735. The molecule has 0 radical (unpaired) electrons. The van der Waals surface area contributed by atoms with Crippen molar-refractivity contribution in [3.63, 3.8) is 0 Å². The van der Waals surface area contributed by atoms with Crippen molar-refractivity contribution in [3.05, 3.63) is 36.4 Å². The van der Waals surface area contributed by atoms with Gasteiger partial charge in [-0.2, -0.15) is 19.3 Å². The number of benzene rings is 1. The third kappa shape index (κ3) is 1.66. The fraction of sp³-hybridized carbons (Fsp3) is 0. The Kier molecular flexibility index (Phi) is 2.06. The Hall–Kier alpha value is -2.04. The van der Waals surface area contributed by atoms with Gasteiger partial charge in [0.2, 0.25) is 5.95 Å². The number of nitrogens with two attached hydrogens (primary N) is 1. The molecule has 0 bridgehead atoms. The molecule has 1 aromatic carbocycles. The molecule has 14 heavy (non-hydrogen) atoms. The number of rotatable bonds is 1. The zero-order valence-corrected chi connectivity index (χ0v) is 7.18. The van der Waals surface area contributed by atoms with Crippen LogP contribution in [-0.2, 0) is 0 Å². The molecule has 0 atom stereocenters. The Morgan fingerprint density at radius 1 is 1.00 bits per heavy atom. The minimum Gasteiger partial charge on any atom is -0.368 e. The molecule has 2 aromatic rings. The maximum absolute atomic E-state index is 12.8. The summed E-state index contributed by atoms with van der Waals surface area (Å²) >= 11 is 0. The second-order valence-electron chi connectivity index (χ2n) is 2.65. The molecule has 5 heteroatoms. The number of hydrogen-bond donors (Lipinski definition) is 1. The highest BCUT2D eigenvalue weighted by Gasteiger charge is 2.04. The van der Waals surface area contributed by atoms with E-state index in [9.17, 15) is 4.39 Å². The van der Waals surface area contributed by atoms with Gasteiger partial charge in [-0.15, -0.1) is 0 Å². The van der Waals surface area contributed by atoms with E-state index in [2.05, 4.69) is 15.0 Å². The van der Waals surface area contributed by atoms with Crippen LogP contribution in [0.2, 0.25) is 0 Å². The van der Waals surface area contributed by atoms with Crippen LogP contribution in [0.4, 0.5) is 10.3 Å². The van der Waals surface area contributed by atoms with Gasteiger partial charge in [-0.3, -0.25) is 0 Å². The van der Waals surface area contributed by atoms with Gasteiger partial charge in [0.25, 0.3) is 0 Å². The van der Waals surface area contributed by atoms with E-state index in [1.807, 2.05) is 18.2 Å². The van der Waals surface area contributed by atoms with Gasteiger partial charge in [0.1, 0.15) is 0 Å². The maximum Gasteiger partial charge on any atom is 0.313 e. The van der Waals surface area contributed by atoms with E-state index in [0.717, 1.165) is 0 Å². The molecule has 0 saturated carbocycles. The Morgan fingerprint density at radius 3 is 2.36 bits per heavy atom. The molecular formula is C9H7FN4. The van der Waals surface area contributed by atoms with Crippen LogP contribution in [0.25, 0.3) is 11.4 Å². The molecule has 0 saturated heterocycles. The highest BCUT2D eigenvalue weighted by molar-refractivity contribution is 5.54. The molecule has 1 heterocycles. The fourth-order valence-corrected chi connectivity index (χ4v) is 1.08. The Bertz CT molecular complexity index is 424. The van der Waals surface area contributed by atoms with Crippen molar-refractivity contribution in [1.29, 1.82) is 0 Å². The van der Waals surface area contributed by atoms with Crippen LogP contribution in [-0.4, -0.2) is 15.0 Å². The van der Waals surface area contributed by atoms with Gasteiger partial charge < -0.3 is 5.73 Å². The first kappa shape index (κ1) is 8.55. The molecule has 0 fully saturated rings. The molecule has 70 valence electrons. The molecule has 0 spiro atoms. The number of aromatic nitrogens is 3. The summed E-state index contributed by atoms with van der Waals surface area (Å²) in [4.78, 5) is 10.6. The lowest BCUT2D eigenvalue weighted by atomic mass is 10.2. The molecule has 0 unspecified atom stereocenters. The van der Waals surface area contributed by atoms with Gasteiger partial charge in [0.05, 0.1) is 0 Å². The van der Waals surface area contributed by atoms with E-state index in [0.29, 0.717) is 5.56 Å². The largest absolute Gasteiger partial charge is 0.368 e. The van der Waals surface area contributed by atoms with Crippen molar-refractivity contribution in [1.82, 2.24) is 15.0 Å². The van der Waals surface area contributed by atoms with Crippen molar-refractivity contribution in [2.45, 2.75) is 0 Å². The first-order chi connectivity index (χ1) is 6.75. The molecule has 0 aliphatic rings. The lowest BCUT2D eigenvalue weighted by Gasteiger charge is -1.99. The van der Waals surface area contributed by atoms with E-state index < -0.39 is 6.08 Å². The predicted molar refractivity (Wildman–Crippen MR) is 49.6 cm³/mol. The summed E-state index contributed by atoms with van der Waals surface area (Å²) in [6.45, 7) is 0. The number of hydrogen-bond acceptors (Lipinski definition) is 4.